The highest BCUT2D eigenvalue weighted by atomic mass is 32.2. The Labute approximate surface area is 279 Å². The Hall–Kier alpha value is -3.21. The minimum atomic E-state index is -5.19. The van der Waals surface area contributed by atoms with Crippen molar-refractivity contribution in [3.05, 3.63) is 46.2 Å². The summed E-state index contributed by atoms with van der Waals surface area (Å²) in [6, 6.07) is 5.08. The summed E-state index contributed by atoms with van der Waals surface area (Å²) in [6.07, 6.45) is -0.981. The molecule has 0 saturated heterocycles. The normalized spacial score (nSPS) is 18.6. The number of carboxylic acid groups (broad SMARTS) is 1. The summed E-state index contributed by atoms with van der Waals surface area (Å²) >= 11 is 1.21. The zero-order valence-electron chi connectivity index (χ0n) is 32.0. The maximum Gasteiger partial charge on any atom is 0.430 e. The third-order valence-corrected chi connectivity index (χ3v) is 10.0. The minimum absolute atomic E-state index is 0.0495. The van der Waals surface area contributed by atoms with E-state index in [1.165, 1.54) is 37.7 Å². The number of pyridine rings is 2. The number of carbonyl (C=O) groups excluding carboxylic acids is 2. The number of halogens is 3. The van der Waals surface area contributed by atoms with E-state index in [4.69, 9.17) is 23.1 Å². The Morgan fingerprint density at radius 1 is 1.22 bits per heavy atom. The van der Waals surface area contributed by atoms with Gasteiger partial charge in [0, 0.05) is 38.8 Å². The quantitative estimate of drug-likeness (QED) is 0.308. The first-order valence-corrected chi connectivity index (χ1v) is 16.5. The van der Waals surface area contributed by atoms with Gasteiger partial charge in [-0.05, 0) is 59.8 Å². The lowest BCUT2D eigenvalue weighted by Crippen LogP contribution is -3.05. The van der Waals surface area contributed by atoms with E-state index in [0.717, 1.165) is 34.8 Å². The van der Waals surface area contributed by atoms with E-state index in [9.17, 15) is 26.4 Å². The van der Waals surface area contributed by atoms with Gasteiger partial charge in [-0.1, -0.05) is 38.2 Å². The first kappa shape index (κ1) is 29.0. The summed E-state index contributed by atoms with van der Waals surface area (Å²) in [7, 11) is -1.05. The van der Waals surface area contributed by atoms with E-state index >= 15 is 0 Å². The first-order chi connectivity index (χ1) is 23.6. The van der Waals surface area contributed by atoms with Crippen LogP contribution in [-0.2, 0) is 27.8 Å². The number of hydrogen-bond acceptors (Lipinski definition) is 9. The number of ketones is 1. The number of rotatable bonds is 10. The molecule has 0 fully saturated rings. The van der Waals surface area contributed by atoms with Gasteiger partial charge in [-0.25, -0.2) is 15.0 Å². The molecule has 1 aliphatic rings. The van der Waals surface area contributed by atoms with Gasteiger partial charge < -0.3 is 14.8 Å². The molecule has 4 rings (SSSR count). The van der Waals surface area contributed by atoms with Crippen molar-refractivity contribution in [1.82, 2.24) is 19.3 Å². The molecule has 16 heteroatoms. The number of alkyl halides is 3. The monoisotopic (exact) mass is 692 g/mol. The number of aliphatic carboxylic acids is 1. The third-order valence-electron chi connectivity index (χ3n) is 7.59. The summed E-state index contributed by atoms with van der Waals surface area (Å²) in [5.74, 6) is -3.31. The maximum absolute atomic E-state index is 13.6. The number of anilines is 1. The molecule has 0 unspecified atom stereocenters. The second kappa shape index (κ2) is 14.7. The number of Topliss-reactive ketones (excluding diaryl/α,β-unsaturated/α-hetero) is 1. The largest absolute Gasteiger partial charge is 0.542 e. The molecular weight excluding hydrogens is 645 g/mol. The van der Waals surface area contributed by atoms with Crippen molar-refractivity contribution in [1.29, 1.82) is 0 Å². The standard InChI is InChI=1S/C28H40N6O3S2.C2HF3O2/c1-28(2,3)21-9-10-22-20(14-21)15-23-26(30-22)38-27(31-23)24(35)16-18(12-13-33(4)5)19-8-11-25(29-17-19)32-39(36,37)34(6)7;3-2(4,5)1(6)7/h8,11,15,17-18,21H,9-10,12-14,16H2,1-7H3,(H,29,32);(H,6,7)/t18-,21-;/m0./s1/i4D3,5D3;. The molecule has 1 aliphatic carbocycles. The van der Waals surface area contributed by atoms with E-state index in [0.29, 0.717) is 21.8 Å². The minimum Gasteiger partial charge on any atom is -0.542 e. The molecule has 0 saturated carbocycles. The number of carboxylic acids is 1. The summed E-state index contributed by atoms with van der Waals surface area (Å²) in [5.41, 5.74) is 3.56. The SMILES string of the molecule is O=C([O-])C(F)(F)F.[2H]C([2H])([2H])[NH+](CC[C@@H](CC(=O)c1nc2cc3c(nc2s1)CC[C@H](C(C)(C)C)C3)c1ccc(NS(=O)(=O)N(C)C)nc1)C([2H])([2H])[2H]. The average Bonchev–Trinajstić information content (AvgIpc) is 3.40. The van der Waals surface area contributed by atoms with Crippen molar-refractivity contribution in [2.24, 2.45) is 11.3 Å². The predicted octanol–water partition coefficient (Wildman–Crippen LogP) is 2.65. The van der Waals surface area contributed by atoms with Crippen LogP contribution in [0.1, 0.15) is 80.8 Å². The Bertz CT molecular complexity index is 1830. The Morgan fingerprint density at radius 3 is 2.43 bits per heavy atom. The maximum atomic E-state index is 13.6. The molecule has 254 valence electrons. The van der Waals surface area contributed by atoms with Crippen LogP contribution in [0.4, 0.5) is 19.0 Å². The fraction of sp³-hybridized carbons (Fsp3) is 0.567. The highest BCUT2D eigenvalue weighted by Crippen LogP contribution is 2.38. The van der Waals surface area contributed by atoms with Gasteiger partial charge in [0.1, 0.15) is 22.1 Å². The van der Waals surface area contributed by atoms with Crippen LogP contribution < -0.4 is 14.7 Å². The molecule has 0 aromatic carbocycles. The number of thiazole rings is 1. The van der Waals surface area contributed by atoms with E-state index < -0.39 is 47.1 Å². The lowest BCUT2D eigenvalue weighted by molar-refractivity contribution is -0.858. The van der Waals surface area contributed by atoms with E-state index in [1.807, 2.05) is 6.07 Å². The Morgan fingerprint density at radius 2 is 1.89 bits per heavy atom. The summed E-state index contributed by atoms with van der Waals surface area (Å²) in [4.78, 5) is 36.2. The number of quaternary nitrogens is 1. The van der Waals surface area contributed by atoms with E-state index in [2.05, 4.69) is 35.5 Å². The van der Waals surface area contributed by atoms with Crippen molar-refractivity contribution >= 4 is 49.5 Å². The van der Waals surface area contributed by atoms with Crippen LogP contribution in [0.2, 0.25) is 0 Å². The molecule has 0 aliphatic heterocycles. The summed E-state index contributed by atoms with van der Waals surface area (Å²) in [6.45, 7) is 0.877. The van der Waals surface area contributed by atoms with E-state index in [1.54, 1.807) is 6.07 Å². The van der Waals surface area contributed by atoms with Gasteiger partial charge in [-0.2, -0.15) is 25.9 Å². The molecular formula is C30H41F3N6O5S2. The van der Waals surface area contributed by atoms with Crippen LogP contribution in [0.15, 0.2) is 24.4 Å². The molecule has 0 spiro atoms. The van der Waals surface area contributed by atoms with Crippen LogP contribution in [0.3, 0.4) is 0 Å². The number of carbonyl (C=O) groups is 2. The van der Waals surface area contributed by atoms with Gasteiger partial charge in [0.2, 0.25) is 0 Å². The molecule has 3 aromatic rings. The van der Waals surface area contributed by atoms with Crippen molar-refractivity contribution < 1.29 is 49.4 Å². The van der Waals surface area contributed by atoms with Crippen LogP contribution >= 0.6 is 11.3 Å². The predicted molar refractivity (Wildman–Crippen MR) is 168 cm³/mol. The Balaban J connectivity index is 0.000000944. The lowest BCUT2D eigenvalue weighted by atomic mass is 9.71. The molecule has 3 heterocycles. The zero-order valence-corrected chi connectivity index (χ0v) is 27.6. The van der Waals surface area contributed by atoms with Gasteiger partial charge in [-0.15, -0.1) is 0 Å². The van der Waals surface area contributed by atoms with Crippen molar-refractivity contribution in [3.8, 4) is 0 Å². The van der Waals surface area contributed by atoms with Crippen molar-refractivity contribution in [3.63, 3.8) is 0 Å². The van der Waals surface area contributed by atoms with Crippen molar-refractivity contribution in [2.45, 2.75) is 65.0 Å². The molecule has 2 N–H and O–H groups in total. The van der Waals surface area contributed by atoms with Crippen LogP contribution in [0, 0.1) is 11.3 Å². The van der Waals surface area contributed by atoms with Gasteiger partial charge >= 0.3 is 16.4 Å². The second-order valence-electron chi connectivity index (χ2n) is 12.2. The number of nitrogens with zero attached hydrogens (tertiary/aromatic N) is 4. The van der Waals surface area contributed by atoms with Crippen LogP contribution in [-0.4, -0.2) is 80.2 Å². The fourth-order valence-corrected chi connectivity index (χ4v) is 6.27. The van der Waals surface area contributed by atoms with Gasteiger partial charge in [-0.3, -0.25) is 9.52 Å². The topological polar surface area (TPSA) is 150 Å². The number of hydrogen-bond donors (Lipinski definition) is 2. The first-order valence-electron chi connectivity index (χ1n) is 17.2. The fourth-order valence-electron chi connectivity index (χ4n) is 4.82. The highest BCUT2D eigenvalue weighted by Gasteiger charge is 2.31. The third kappa shape index (κ3) is 10.1. The molecule has 0 radical (unpaired) electrons. The molecule has 0 bridgehead atoms. The number of aromatic nitrogens is 3. The second-order valence-corrected chi connectivity index (χ2v) is 15.1. The van der Waals surface area contributed by atoms with Crippen molar-refractivity contribution in [2.75, 3.05) is 39.3 Å². The lowest BCUT2D eigenvalue weighted by Gasteiger charge is -2.34. The summed E-state index contributed by atoms with van der Waals surface area (Å²) in [5, 5.41) is 9.06. The smallest absolute Gasteiger partial charge is 0.430 e. The number of fused-ring (bicyclic) bond motifs is 2. The van der Waals surface area contributed by atoms with Gasteiger partial charge in [0.15, 0.2) is 10.8 Å². The molecule has 3 aromatic heterocycles. The highest BCUT2D eigenvalue weighted by molar-refractivity contribution is 7.90. The van der Waals surface area contributed by atoms with Gasteiger partial charge in [0.05, 0.1) is 28.7 Å². The van der Waals surface area contributed by atoms with Crippen LogP contribution in [0.5, 0.6) is 0 Å². The van der Waals surface area contributed by atoms with E-state index in [-0.39, 0.29) is 41.4 Å². The van der Waals surface area contributed by atoms with Gasteiger partial charge in [0.25, 0.3) is 0 Å². The van der Waals surface area contributed by atoms with Crippen LogP contribution in [0.25, 0.3) is 10.3 Å². The Kier molecular flexibility index (Phi) is 9.25. The molecule has 0 amide bonds. The summed E-state index contributed by atoms with van der Waals surface area (Å²) < 4.78 is 106. The number of aryl methyl sites for hydroxylation is 1. The molecule has 2 atom stereocenters. The molecule has 46 heavy (non-hydrogen) atoms. The number of nitrogens with one attached hydrogen (secondary N) is 2. The zero-order chi connectivity index (χ0) is 39.6. The average molecular weight is 693 g/mol. The molecule has 11 nitrogen and oxygen atoms in total.